The summed E-state index contributed by atoms with van der Waals surface area (Å²) in [5.41, 5.74) is 4.23. The number of pyridine rings is 2. The third-order valence-electron chi connectivity index (χ3n) is 5.52. The van der Waals surface area contributed by atoms with E-state index in [1.165, 1.54) is 12.3 Å². The number of nitrogens with zero attached hydrogens (tertiary/aromatic N) is 4. The van der Waals surface area contributed by atoms with E-state index >= 15 is 0 Å². The van der Waals surface area contributed by atoms with Gasteiger partial charge in [0.1, 0.15) is 5.82 Å². The number of ether oxygens (including phenoxy) is 1. The molecule has 1 aliphatic heterocycles. The Morgan fingerprint density at radius 2 is 1.89 bits per heavy atom. The maximum atomic E-state index is 12.9. The summed E-state index contributed by atoms with van der Waals surface area (Å²) < 4.78 is 30.4. The van der Waals surface area contributed by atoms with Gasteiger partial charge in [0.25, 0.3) is 5.91 Å². The zero-order valence-electron chi connectivity index (χ0n) is 18.9. The van der Waals surface area contributed by atoms with Crippen molar-refractivity contribution in [1.82, 2.24) is 20.2 Å². The van der Waals surface area contributed by atoms with E-state index in [4.69, 9.17) is 4.74 Å². The number of carbonyl (C=O) groups is 1. The number of H-pyrrole nitrogens is 1. The van der Waals surface area contributed by atoms with Gasteiger partial charge in [-0.1, -0.05) is 6.07 Å². The highest BCUT2D eigenvalue weighted by atomic mass is 32.2. The first kappa shape index (κ1) is 22.7. The lowest BCUT2D eigenvalue weighted by Gasteiger charge is -2.28. The van der Waals surface area contributed by atoms with Gasteiger partial charge in [0.05, 0.1) is 48.8 Å². The van der Waals surface area contributed by atoms with Crippen LogP contribution in [-0.4, -0.2) is 67.0 Å². The largest absolute Gasteiger partial charge is 0.378 e. The molecule has 0 spiro atoms. The zero-order chi connectivity index (χ0) is 24.4. The average Bonchev–Trinajstić information content (AvgIpc) is 3.28. The van der Waals surface area contributed by atoms with Crippen LogP contribution in [0.4, 0.5) is 17.2 Å². The molecular weight excluding hydrogens is 470 g/mol. The molecule has 1 amide bonds. The molecule has 0 unspecified atom stereocenters. The van der Waals surface area contributed by atoms with Crippen LogP contribution < -0.4 is 14.9 Å². The Bertz CT molecular complexity index is 1480. The Balaban J connectivity index is 1.38. The molecule has 5 rings (SSSR count). The molecule has 1 aliphatic rings. The van der Waals surface area contributed by atoms with Gasteiger partial charge in [-0.05, 0) is 35.9 Å². The van der Waals surface area contributed by atoms with Gasteiger partial charge >= 0.3 is 0 Å². The molecule has 0 aliphatic carbocycles. The van der Waals surface area contributed by atoms with Crippen molar-refractivity contribution in [2.45, 2.75) is 0 Å². The number of benzene rings is 1. The third kappa shape index (κ3) is 5.23. The van der Waals surface area contributed by atoms with Crippen LogP contribution in [-0.2, 0) is 14.8 Å². The normalized spacial score (nSPS) is 14.1. The van der Waals surface area contributed by atoms with Crippen molar-refractivity contribution in [3.8, 4) is 11.1 Å². The quantitative estimate of drug-likeness (QED) is 0.372. The van der Waals surface area contributed by atoms with E-state index in [0.29, 0.717) is 24.3 Å². The molecule has 0 bridgehead atoms. The monoisotopic (exact) mass is 493 g/mol. The number of carbonyl (C=O) groups excluding carboxylic acids is 1. The highest BCUT2D eigenvalue weighted by Gasteiger charge is 2.17. The molecule has 4 heterocycles. The predicted octanol–water partition coefficient (Wildman–Crippen LogP) is 2.48. The SMILES string of the molecule is CS(=O)(=O)Nc1ccc(NC(=O)c2n[nH]c3ccc(-c4cncc(N5CCOCC5)c4)cc23)cn1. The van der Waals surface area contributed by atoms with Crippen molar-refractivity contribution >= 4 is 44.0 Å². The first-order chi connectivity index (χ1) is 16.9. The van der Waals surface area contributed by atoms with E-state index in [1.807, 2.05) is 24.4 Å². The predicted molar refractivity (Wildman–Crippen MR) is 133 cm³/mol. The summed E-state index contributed by atoms with van der Waals surface area (Å²) >= 11 is 0. The lowest BCUT2D eigenvalue weighted by atomic mass is 10.0. The van der Waals surface area contributed by atoms with Gasteiger partial charge in [-0.3, -0.25) is 19.6 Å². The van der Waals surface area contributed by atoms with Crippen LogP contribution in [0.1, 0.15) is 10.5 Å². The topological polar surface area (TPSA) is 142 Å². The van der Waals surface area contributed by atoms with E-state index in [0.717, 1.165) is 41.7 Å². The molecule has 3 N–H and O–H groups in total. The van der Waals surface area contributed by atoms with E-state index in [-0.39, 0.29) is 11.5 Å². The van der Waals surface area contributed by atoms with Crippen LogP contribution in [0.15, 0.2) is 55.0 Å². The molecule has 1 aromatic carbocycles. The summed E-state index contributed by atoms with van der Waals surface area (Å²) in [6, 6.07) is 10.8. The molecule has 0 radical (unpaired) electrons. The molecule has 35 heavy (non-hydrogen) atoms. The van der Waals surface area contributed by atoms with Crippen molar-refractivity contribution < 1.29 is 17.9 Å². The number of hydrogen-bond donors (Lipinski definition) is 3. The lowest BCUT2D eigenvalue weighted by Crippen LogP contribution is -2.36. The minimum absolute atomic E-state index is 0.160. The lowest BCUT2D eigenvalue weighted by molar-refractivity contribution is 0.102. The Labute approximate surface area is 201 Å². The molecule has 1 saturated heterocycles. The van der Waals surface area contributed by atoms with Crippen LogP contribution in [0.3, 0.4) is 0 Å². The number of aromatic amines is 1. The van der Waals surface area contributed by atoms with Gasteiger partial charge < -0.3 is 15.0 Å². The molecule has 0 saturated carbocycles. The number of nitrogens with one attached hydrogen (secondary N) is 3. The van der Waals surface area contributed by atoms with Gasteiger partial charge in [-0.2, -0.15) is 5.10 Å². The first-order valence-corrected chi connectivity index (χ1v) is 12.8. The number of rotatable bonds is 6. The summed E-state index contributed by atoms with van der Waals surface area (Å²) in [6.07, 6.45) is 6.04. The minimum atomic E-state index is -3.44. The minimum Gasteiger partial charge on any atom is -0.378 e. The number of anilines is 3. The van der Waals surface area contributed by atoms with Crippen molar-refractivity contribution in [2.75, 3.05) is 47.5 Å². The Hall–Kier alpha value is -4.03. The Morgan fingerprint density at radius 3 is 2.63 bits per heavy atom. The third-order valence-corrected chi connectivity index (χ3v) is 6.10. The van der Waals surface area contributed by atoms with Gasteiger partial charge in [0, 0.05) is 30.2 Å². The van der Waals surface area contributed by atoms with E-state index in [9.17, 15) is 13.2 Å². The molecule has 180 valence electrons. The van der Waals surface area contributed by atoms with Crippen molar-refractivity contribution in [3.05, 3.63) is 60.7 Å². The van der Waals surface area contributed by atoms with Crippen molar-refractivity contribution in [1.29, 1.82) is 0 Å². The molecule has 1 fully saturated rings. The number of aromatic nitrogens is 4. The van der Waals surface area contributed by atoms with E-state index in [2.05, 4.69) is 41.2 Å². The summed E-state index contributed by atoms with van der Waals surface area (Å²) in [4.78, 5) is 23.6. The fourth-order valence-electron chi connectivity index (χ4n) is 3.86. The smallest absolute Gasteiger partial charge is 0.276 e. The van der Waals surface area contributed by atoms with Gasteiger partial charge in [0.15, 0.2) is 5.69 Å². The molecular formula is C23H23N7O4S. The van der Waals surface area contributed by atoms with E-state index < -0.39 is 15.9 Å². The maximum absolute atomic E-state index is 12.9. The summed E-state index contributed by atoms with van der Waals surface area (Å²) in [7, 11) is -3.44. The number of sulfonamides is 1. The van der Waals surface area contributed by atoms with Crippen LogP contribution in [0.5, 0.6) is 0 Å². The second-order valence-corrected chi connectivity index (χ2v) is 9.87. The number of amides is 1. The number of hydrogen-bond acceptors (Lipinski definition) is 8. The molecule has 0 atom stereocenters. The van der Waals surface area contributed by atoms with Crippen LogP contribution in [0.25, 0.3) is 22.0 Å². The highest BCUT2D eigenvalue weighted by molar-refractivity contribution is 7.92. The van der Waals surface area contributed by atoms with Crippen LogP contribution in [0.2, 0.25) is 0 Å². The number of fused-ring (bicyclic) bond motifs is 1. The van der Waals surface area contributed by atoms with Gasteiger partial charge in [-0.15, -0.1) is 0 Å². The van der Waals surface area contributed by atoms with Crippen LogP contribution >= 0.6 is 0 Å². The van der Waals surface area contributed by atoms with Crippen LogP contribution in [0, 0.1) is 0 Å². The second-order valence-electron chi connectivity index (χ2n) is 8.12. The highest BCUT2D eigenvalue weighted by Crippen LogP contribution is 2.28. The molecule has 3 aromatic heterocycles. The summed E-state index contributed by atoms with van der Waals surface area (Å²) in [5.74, 6) is -0.257. The van der Waals surface area contributed by atoms with E-state index in [1.54, 1.807) is 12.3 Å². The average molecular weight is 494 g/mol. The fraction of sp³-hybridized carbons (Fsp3) is 0.217. The zero-order valence-corrected chi connectivity index (χ0v) is 19.7. The maximum Gasteiger partial charge on any atom is 0.276 e. The summed E-state index contributed by atoms with van der Waals surface area (Å²) in [5, 5.41) is 10.5. The van der Waals surface area contributed by atoms with Gasteiger partial charge in [-0.25, -0.2) is 13.4 Å². The van der Waals surface area contributed by atoms with Crippen molar-refractivity contribution in [3.63, 3.8) is 0 Å². The first-order valence-electron chi connectivity index (χ1n) is 10.9. The molecule has 4 aromatic rings. The Kier molecular flexibility index (Phi) is 6.05. The fourth-order valence-corrected chi connectivity index (χ4v) is 4.36. The standard InChI is InChI=1S/C23H23N7O4S/c1-35(32,33)29-21-5-3-17(13-25-21)26-23(31)22-19-11-15(2-4-20(19)27-28-22)16-10-18(14-24-12-16)30-6-8-34-9-7-30/h2-5,10-14H,6-9H2,1H3,(H,25,29)(H,26,31)(H,27,28). The number of morpholine rings is 1. The molecule has 11 nitrogen and oxygen atoms in total. The van der Waals surface area contributed by atoms with Crippen molar-refractivity contribution in [2.24, 2.45) is 0 Å². The molecule has 12 heteroatoms. The second kappa shape index (κ2) is 9.31. The van der Waals surface area contributed by atoms with Gasteiger partial charge in [0.2, 0.25) is 10.0 Å². The Morgan fingerprint density at radius 1 is 1.06 bits per heavy atom. The summed E-state index contributed by atoms with van der Waals surface area (Å²) in [6.45, 7) is 3.01.